The first kappa shape index (κ1) is 13.6. The van der Waals surface area contributed by atoms with Crippen molar-refractivity contribution in [1.29, 1.82) is 0 Å². The molecule has 0 saturated heterocycles. The number of hydrogen-bond acceptors (Lipinski definition) is 1. The molecule has 1 aromatic rings. The van der Waals surface area contributed by atoms with Crippen molar-refractivity contribution in [3.8, 4) is 0 Å². The molecule has 2 N–H and O–H groups in total. The van der Waals surface area contributed by atoms with E-state index in [1.165, 1.54) is 42.4 Å². The summed E-state index contributed by atoms with van der Waals surface area (Å²) < 4.78 is 0. The van der Waals surface area contributed by atoms with E-state index in [2.05, 4.69) is 39.0 Å². The zero-order valence-electron chi connectivity index (χ0n) is 12.1. The predicted octanol–water partition coefficient (Wildman–Crippen LogP) is 4.17. The largest absolute Gasteiger partial charge is 0.330 e. The first-order chi connectivity index (χ1) is 8.63. The molecular weight excluding hydrogens is 218 g/mol. The minimum atomic E-state index is 0.555. The molecule has 1 heteroatoms. The summed E-state index contributed by atoms with van der Waals surface area (Å²) in [5.74, 6) is 2.17. The third-order valence-electron chi connectivity index (χ3n) is 4.91. The molecule has 2 rings (SSSR count). The van der Waals surface area contributed by atoms with E-state index in [1.807, 2.05) is 0 Å². The van der Waals surface area contributed by atoms with Crippen LogP contribution >= 0.6 is 0 Å². The van der Waals surface area contributed by atoms with Crippen molar-refractivity contribution < 1.29 is 0 Å². The number of rotatable bonds is 3. The van der Waals surface area contributed by atoms with Gasteiger partial charge in [-0.05, 0) is 61.3 Å². The Hall–Kier alpha value is -0.820. The Labute approximate surface area is 112 Å². The third kappa shape index (κ3) is 2.77. The Morgan fingerprint density at radius 3 is 2.50 bits per heavy atom. The Balaban J connectivity index is 2.23. The van der Waals surface area contributed by atoms with Crippen molar-refractivity contribution in [2.24, 2.45) is 17.6 Å². The van der Waals surface area contributed by atoms with Gasteiger partial charge in [-0.15, -0.1) is 0 Å². The molecule has 0 aromatic heterocycles. The Morgan fingerprint density at radius 1 is 1.17 bits per heavy atom. The van der Waals surface area contributed by atoms with Gasteiger partial charge < -0.3 is 5.73 Å². The molecule has 3 unspecified atom stereocenters. The fraction of sp³-hybridized carbons (Fsp3) is 0.647. The van der Waals surface area contributed by atoms with Gasteiger partial charge >= 0.3 is 0 Å². The summed E-state index contributed by atoms with van der Waals surface area (Å²) in [6.07, 6.45) is 5.53. The first-order valence-corrected chi connectivity index (χ1v) is 7.40. The van der Waals surface area contributed by atoms with Gasteiger partial charge in [-0.25, -0.2) is 0 Å². The number of benzene rings is 1. The molecule has 1 fully saturated rings. The van der Waals surface area contributed by atoms with Gasteiger partial charge in [0.1, 0.15) is 0 Å². The molecule has 0 bridgehead atoms. The highest BCUT2D eigenvalue weighted by Gasteiger charge is 2.29. The second kappa shape index (κ2) is 5.88. The second-order valence-corrected chi connectivity index (χ2v) is 6.11. The van der Waals surface area contributed by atoms with E-state index in [0.29, 0.717) is 5.92 Å². The summed E-state index contributed by atoms with van der Waals surface area (Å²) in [5, 5.41) is 0. The maximum absolute atomic E-state index is 6.09. The minimum Gasteiger partial charge on any atom is -0.330 e. The lowest BCUT2D eigenvalue weighted by Gasteiger charge is -2.35. The van der Waals surface area contributed by atoms with Crippen LogP contribution in [0, 0.1) is 25.7 Å². The second-order valence-electron chi connectivity index (χ2n) is 6.11. The van der Waals surface area contributed by atoms with Crippen LogP contribution in [0.25, 0.3) is 0 Å². The fourth-order valence-electron chi connectivity index (χ4n) is 3.50. The maximum Gasteiger partial charge on any atom is -0.000546 e. The topological polar surface area (TPSA) is 26.0 Å². The molecule has 1 aliphatic rings. The number of hydrogen-bond donors (Lipinski definition) is 1. The summed E-state index contributed by atoms with van der Waals surface area (Å²) in [6.45, 7) is 7.58. The standard InChI is InChI=1S/C17H27N/c1-12-8-9-15(10-14(12)3)17(11-18)16-7-5-4-6-13(16)2/h8-10,13,16-17H,4-7,11,18H2,1-3H3. The average Bonchev–Trinajstić information content (AvgIpc) is 2.37. The van der Waals surface area contributed by atoms with Crippen LogP contribution in [-0.2, 0) is 0 Å². The van der Waals surface area contributed by atoms with E-state index >= 15 is 0 Å². The van der Waals surface area contributed by atoms with Gasteiger partial charge in [0.15, 0.2) is 0 Å². The van der Waals surface area contributed by atoms with E-state index in [1.54, 1.807) is 0 Å². The summed E-state index contributed by atoms with van der Waals surface area (Å²) >= 11 is 0. The van der Waals surface area contributed by atoms with Gasteiger partial charge in [0, 0.05) is 0 Å². The van der Waals surface area contributed by atoms with Crippen molar-refractivity contribution in [1.82, 2.24) is 0 Å². The fourth-order valence-corrected chi connectivity index (χ4v) is 3.50. The van der Waals surface area contributed by atoms with E-state index < -0.39 is 0 Å². The highest BCUT2D eigenvalue weighted by molar-refractivity contribution is 5.32. The Bertz CT molecular complexity index is 397. The molecule has 1 aliphatic carbocycles. The van der Waals surface area contributed by atoms with Crippen LogP contribution in [0.5, 0.6) is 0 Å². The first-order valence-electron chi connectivity index (χ1n) is 7.40. The number of nitrogens with two attached hydrogens (primary N) is 1. The van der Waals surface area contributed by atoms with Gasteiger partial charge in [0.25, 0.3) is 0 Å². The van der Waals surface area contributed by atoms with Gasteiger partial charge in [-0.3, -0.25) is 0 Å². The van der Waals surface area contributed by atoms with Crippen LogP contribution in [0.2, 0.25) is 0 Å². The lowest BCUT2D eigenvalue weighted by atomic mass is 9.71. The third-order valence-corrected chi connectivity index (χ3v) is 4.91. The van der Waals surface area contributed by atoms with E-state index in [4.69, 9.17) is 5.73 Å². The zero-order valence-corrected chi connectivity index (χ0v) is 12.1. The minimum absolute atomic E-state index is 0.555. The van der Waals surface area contributed by atoms with E-state index in [-0.39, 0.29) is 0 Å². The molecular formula is C17H27N. The molecule has 3 atom stereocenters. The highest BCUT2D eigenvalue weighted by Crippen LogP contribution is 2.39. The van der Waals surface area contributed by atoms with Gasteiger partial charge in [0.2, 0.25) is 0 Å². The smallest absolute Gasteiger partial charge is 0.000546 e. The quantitative estimate of drug-likeness (QED) is 0.849. The Kier molecular flexibility index (Phi) is 4.45. The van der Waals surface area contributed by atoms with E-state index in [0.717, 1.165) is 18.4 Å². The predicted molar refractivity (Wildman–Crippen MR) is 78.8 cm³/mol. The van der Waals surface area contributed by atoms with E-state index in [9.17, 15) is 0 Å². The summed E-state index contributed by atoms with van der Waals surface area (Å²) in [6, 6.07) is 6.90. The van der Waals surface area contributed by atoms with Crippen LogP contribution < -0.4 is 5.73 Å². The summed E-state index contributed by atoms with van der Waals surface area (Å²) in [7, 11) is 0. The lowest BCUT2D eigenvalue weighted by molar-refractivity contribution is 0.218. The van der Waals surface area contributed by atoms with Crippen molar-refractivity contribution in [3.05, 3.63) is 34.9 Å². The lowest BCUT2D eigenvalue weighted by Crippen LogP contribution is -2.28. The monoisotopic (exact) mass is 245 g/mol. The molecule has 0 heterocycles. The highest BCUT2D eigenvalue weighted by atomic mass is 14.6. The molecule has 0 aliphatic heterocycles. The SMILES string of the molecule is Cc1ccc(C(CN)C2CCCCC2C)cc1C. The molecule has 0 amide bonds. The molecule has 18 heavy (non-hydrogen) atoms. The number of aryl methyl sites for hydroxylation is 2. The van der Waals surface area contributed by atoms with Crippen molar-refractivity contribution in [2.45, 2.75) is 52.4 Å². The maximum atomic E-state index is 6.09. The van der Waals surface area contributed by atoms with Crippen LogP contribution in [0.3, 0.4) is 0 Å². The van der Waals surface area contributed by atoms with Gasteiger partial charge in [-0.2, -0.15) is 0 Å². The average molecular weight is 245 g/mol. The van der Waals surface area contributed by atoms with Gasteiger partial charge in [0.05, 0.1) is 0 Å². The van der Waals surface area contributed by atoms with Crippen LogP contribution in [-0.4, -0.2) is 6.54 Å². The van der Waals surface area contributed by atoms with Crippen LogP contribution in [0.4, 0.5) is 0 Å². The summed E-state index contributed by atoms with van der Waals surface area (Å²) in [4.78, 5) is 0. The molecule has 100 valence electrons. The van der Waals surface area contributed by atoms with Gasteiger partial charge in [-0.1, -0.05) is 44.4 Å². The van der Waals surface area contributed by atoms with Crippen molar-refractivity contribution in [2.75, 3.05) is 6.54 Å². The summed E-state index contributed by atoms with van der Waals surface area (Å²) in [5.41, 5.74) is 10.3. The molecule has 1 aromatic carbocycles. The van der Waals surface area contributed by atoms with Crippen LogP contribution in [0.1, 0.15) is 55.2 Å². The van der Waals surface area contributed by atoms with Crippen molar-refractivity contribution >= 4 is 0 Å². The van der Waals surface area contributed by atoms with Crippen LogP contribution in [0.15, 0.2) is 18.2 Å². The Morgan fingerprint density at radius 2 is 1.89 bits per heavy atom. The molecule has 0 spiro atoms. The van der Waals surface area contributed by atoms with Crippen molar-refractivity contribution in [3.63, 3.8) is 0 Å². The molecule has 0 radical (unpaired) electrons. The normalized spacial score (nSPS) is 26.0. The zero-order chi connectivity index (χ0) is 13.1. The molecule has 1 saturated carbocycles. The molecule has 1 nitrogen and oxygen atoms in total.